The Balaban J connectivity index is 1.31. The minimum absolute atomic E-state index is 0.00525. The Kier molecular flexibility index (Phi) is 5.30. The highest BCUT2D eigenvalue weighted by Crippen LogP contribution is 2.29. The molecular formula is C24H22FN5OS. The summed E-state index contributed by atoms with van der Waals surface area (Å²) < 4.78 is 13.2. The molecule has 0 N–H and O–H groups in total. The van der Waals surface area contributed by atoms with Crippen molar-refractivity contribution in [3.63, 3.8) is 0 Å². The zero-order valence-electron chi connectivity index (χ0n) is 17.9. The lowest BCUT2D eigenvalue weighted by atomic mass is 10.2. The van der Waals surface area contributed by atoms with Gasteiger partial charge in [-0.15, -0.1) is 11.3 Å². The predicted molar refractivity (Wildman–Crippen MR) is 125 cm³/mol. The maximum atomic E-state index is 13.2. The molecule has 3 heterocycles. The van der Waals surface area contributed by atoms with Gasteiger partial charge in [-0.3, -0.25) is 4.79 Å². The highest BCUT2D eigenvalue weighted by Gasteiger charge is 2.27. The molecule has 1 aliphatic heterocycles. The second kappa shape index (κ2) is 8.27. The lowest BCUT2D eigenvalue weighted by Crippen LogP contribution is -2.49. The van der Waals surface area contributed by atoms with Crippen LogP contribution in [-0.2, 0) is 0 Å². The van der Waals surface area contributed by atoms with Gasteiger partial charge in [0.15, 0.2) is 5.82 Å². The number of para-hydroxylation sites is 2. The van der Waals surface area contributed by atoms with Crippen molar-refractivity contribution < 1.29 is 9.18 Å². The lowest BCUT2D eigenvalue weighted by Gasteiger charge is -2.35. The number of amides is 1. The maximum Gasteiger partial charge on any atom is 0.265 e. The summed E-state index contributed by atoms with van der Waals surface area (Å²) in [5.74, 6) is 0.584. The summed E-state index contributed by atoms with van der Waals surface area (Å²) >= 11 is 1.36. The van der Waals surface area contributed by atoms with Gasteiger partial charge in [0.2, 0.25) is 0 Å². The van der Waals surface area contributed by atoms with E-state index in [1.807, 2.05) is 43.0 Å². The first-order valence-electron chi connectivity index (χ1n) is 10.5. The van der Waals surface area contributed by atoms with Gasteiger partial charge < -0.3 is 9.80 Å². The number of nitrogens with zero attached hydrogens (tertiary/aromatic N) is 5. The third kappa shape index (κ3) is 3.82. The summed E-state index contributed by atoms with van der Waals surface area (Å²) in [4.78, 5) is 31.9. The molecule has 2 aromatic carbocycles. The minimum Gasteiger partial charge on any atom is -0.352 e. The molecule has 162 valence electrons. The number of carbonyl (C=O) groups is 1. The third-order valence-electron chi connectivity index (χ3n) is 5.67. The number of aromatic nitrogens is 3. The number of benzene rings is 2. The summed E-state index contributed by atoms with van der Waals surface area (Å²) in [5, 5.41) is 0.728. The second-order valence-corrected chi connectivity index (χ2v) is 8.84. The Bertz CT molecular complexity index is 1300. The Morgan fingerprint density at radius 1 is 0.875 bits per heavy atom. The quantitative estimate of drug-likeness (QED) is 0.464. The van der Waals surface area contributed by atoms with Crippen LogP contribution in [0.25, 0.3) is 21.6 Å². The van der Waals surface area contributed by atoms with E-state index in [-0.39, 0.29) is 11.7 Å². The van der Waals surface area contributed by atoms with E-state index < -0.39 is 0 Å². The smallest absolute Gasteiger partial charge is 0.265 e. The Morgan fingerprint density at radius 3 is 2.22 bits per heavy atom. The number of anilines is 1. The van der Waals surface area contributed by atoms with Gasteiger partial charge in [0.1, 0.15) is 15.7 Å². The maximum absolute atomic E-state index is 13.2. The topological polar surface area (TPSA) is 62.2 Å². The van der Waals surface area contributed by atoms with Gasteiger partial charge in [0.05, 0.1) is 22.4 Å². The molecule has 6 nitrogen and oxygen atoms in total. The van der Waals surface area contributed by atoms with E-state index in [9.17, 15) is 9.18 Å². The molecule has 0 atom stereocenters. The molecule has 1 amide bonds. The number of halogens is 1. The van der Waals surface area contributed by atoms with Gasteiger partial charge in [0.25, 0.3) is 5.91 Å². The van der Waals surface area contributed by atoms with Gasteiger partial charge in [-0.25, -0.2) is 19.3 Å². The fraction of sp³-hybridized carbons (Fsp3) is 0.250. The van der Waals surface area contributed by atoms with Crippen LogP contribution in [0.5, 0.6) is 0 Å². The van der Waals surface area contributed by atoms with Crippen molar-refractivity contribution >= 4 is 34.1 Å². The van der Waals surface area contributed by atoms with Crippen molar-refractivity contribution in [2.45, 2.75) is 13.8 Å². The molecule has 0 spiro atoms. The number of thiazole rings is 1. The molecule has 1 aliphatic rings. The molecule has 2 aromatic heterocycles. The van der Waals surface area contributed by atoms with Crippen molar-refractivity contribution in [1.82, 2.24) is 19.9 Å². The number of aryl methyl sites for hydroxylation is 2. The lowest BCUT2D eigenvalue weighted by molar-refractivity contribution is 0.0750. The van der Waals surface area contributed by atoms with Crippen LogP contribution in [0.2, 0.25) is 0 Å². The van der Waals surface area contributed by atoms with Crippen LogP contribution in [0.15, 0.2) is 48.5 Å². The van der Waals surface area contributed by atoms with Crippen LogP contribution in [0.4, 0.5) is 10.2 Å². The highest BCUT2D eigenvalue weighted by molar-refractivity contribution is 7.17. The van der Waals surface area contributed by atoms with E-state index in [2.05, 4.69) is 14.9 Å². The van der Waals surface area contributed by atoms with Crippen LogP contribution < -0.4 is 4.90 Å². The predicted octanol–water partition coefficient (Wildman–Crippen LogP) is 4.47. The van der Waals surface area contributed by atoms with Crippen LogP contribution in [0.1, 0.15) is 21.1 Å². The van der Waals surface area contributed by atoms with E-state index >= 15 is 0 Å². The Hall–Kier alpha value is -3.39. The summed E-state index contributed by atoms with van der Waals surface area (Å²) in [6, 6.07) is 14.0. The number of carbonyl (C=O) groups excluding carboxylic acids is 1. The van der Waals surface area contributed by atoms with E-state index in [4.69, 9.17) is 4.98 Å². The summed E-state index contributed by atoms with van der Waals surface area (Å²) in [5.41, 5.74) is 4.18. The van der Waals surface area contributed by atoms with Gasteiger partial charge >= 0.3 is 0 Å². The first-order valence-corrected chi connectivity index (χ1v) is 11.3. The highest BCUT2D eigenvalue weighted by atomic mass is 32.1. The fourth-order valence-electron chi connectivity index (χ4n) is 3.95. The molecule has 0 aliphatic carbocycles. The number of piperazine rings is 1. The number of hydrogen-bond donors (Lipinski definition) is 0. The van der Waals surface area contributed by atoms with Crippen molar-refractivity contribution in [1.29, 1.82) is 0 Å². The first kappa shape index (κ1) is 20.5. The van der Waals surface area contributed by atoms with Crippen LogP contribution in [0, 0.1) is 19.7 Å². The average molecular weight is 448 g/mol. The number of hydrogen-bond acceptors (Lipinski definition) is 6. The zero-order chi connectivity index (χ0) is 22.2. The van der Waals surface area contributed by atoms with Gasteiger partial charge in [0, 0.05) is 31.7 Å². The van der Waals surface area contributed by atoms with Gasteiger partial charge in [-0.1, -0.05) is 12.1 Å². The molecule has 1 fully saturated rings. The van der Waals surface area contributed by atoms with E-state index in [1.54, 1.807) is 12.1 Å². The Labute approximate surface area is 189 Å². The monoisotopic (exact) mass is 447 g/mol. The number of rotatable bonds is 3. The molecule has 0 bridgehead atoms. The molecule has 0 unspecified atom stereocenters. The van der Waals surface area contributed by atoms with Crippen molar-refractivity contribution in [2.75, 3.05) is 31.1 Å². The minimum atomic E-state index is -0.289. The van der Waals surface area contributed by atoms with Gasteiger partial charge in [-0.05, 0) is 50.2 Å². The molecule has 8 heteroatoms. The second-order valence-electron chi connectivity index (χ2n) is 7.84. The molecule has 4 aromatic rings. The van der Waals surface area contributed by atoms with E-state index in [1.165, 1.54) is 23.5 Å². The molecular weight excluding hydrogens is 425 g/mol. The fourth-order valence-corrected chi connectivity index (χ4v) is 4.99. The standard InChI is InChI=1S/C24H22FN5OS/c1-15-21(32-23(27-15)17-7-9-18(25)10-8-17)24(31)30-13-11-29(12-14-30)22-16(2)26-19-5-3-4-6-20(19)28-22/h3-10H,11-14H2,1-2H3. The van der Waals surface area contributed by atoms with E-state index in [0.717, 1.165) is 33.1 Å². The first-order chi connectivity index (χ1) is 15.5. The summed E-state index contributed by atoms with van der Waals surface area (Å²) in [7, 11) is 0. The van der Waals surface area contributed by atoms with Crippen molar-refractivity contribution in [3.05, 3.63) is 70.6 Å². The van der Waals surface area contributed by atoms with Crippen LogP contribution in [-0.4, -0.2) is 51.9 Å². The normalized spacial score (nSPS) is 14.2. The third-order valence-corrected chi connectivity index (χ3v) is 6.86. The molecule has 1 saturated heterocycles. The Morgan fingerprint density at radius 2 is 1.53 bits per heavy atom. The van der Waals surface area contributed by atoms with Gasteiger partial charge in [-0.2, -0.15) is 0 Å². The largest absolute Gasteiger partial charge is 0.352 e. The molecule has 5 rings (SSSR count). The number of fused-ring (bicyclic) bond motifs is 1. The SMILES string of the molecule is Cc1nc2ccccc2nc1N1CCN(C(=O)c2sc(-c3ccc(F)cc3)nc2C)CC1. The van der Waals surface area contributed by atoms with Crippen molar-refractivity contribution in [3.8, 4) is 10.6 Å². The van der Waals surface area contributed by atoms with Crippen molar-refractivity contribution in [2.24, 2.45) is 0 Å². The average Bonchev–Trinajstić information content (AvgIpc) is 3.20. The van der Waals surface area contributed by atoms with Crippen LogP contribution in [0.3, 0.4) is 0 Å². The summed E-state index contributed by atoms with van der Waals surface area (Å²) in [6.07, 6.45) is 0. The molecule has 32 heavy (non-hydrogen) atoms. The molecule has 0 saturated carbocycles. The zero-order valence-corrected chi connectivity index (χ0v) is 18.7. The molecule has 0 radical (unpaired) electrons. The van der Waals surface area contributed by atoms with E-state index in [0.29, 0.717) is 36.8 Å². The summed E-state index contributed by atoms with van der Waals surface area (Å²) in [6.45, 7) is 6.43. The van der Waals surface area contributed by atoms with Crippen LogP contribution >= 0.6 is 11.3 Å².